The second-order valence-corrected chi connectivity index (χ2v) is 4.49. The number of nitrogens with zero attached hydrogens (tertiary/aromatic N) is 1. The molecule has 0 aromatic heterocycles. The summed E-state index contributed by atoms with van der Waals surface area (Å²) in [6, 6.07) is -0.325. The molecule has 6 nitrogen and oxygen atoms in total. The van der Waals surface area contributed by atoms with Gasteiger partial charge >= 0.3 is 12.0 Å². The Morgan fingerprint density at radius 2 is 2.12 bits per heavy atom. The average molecular weight is 244 g/mol. The van der Waals surface area contributed by atoms with E-state index in [9.17, 15) is 9.59 Å². The number of carboxylic acid groups (broad SMARTS) is 1. The Balaban J connectivity index is 2.40. The van der Waals surface area contributed by atoms with Crippen molar-refractivity contribution >= 4 is 12.0 Å². The highest BCUT2D eigenvalue weighted by Gasteiger charge is 2.28. The maximum absolute atomic E-state index is 11.6. The zero-order valence-electron chi connectivity index (χ0n) is 10.1. The van der Waals surface area contributed by atoms with Gasteiger partial charge in [0, 0.05) is 19.6 Å². The molecular formula is C11H20N2O4. The minimum Gasteiger partial charge on any atom is -0.481 e. The lowest BCUT2D eigenvalue weighted by molar-refractivity contribution is -0.143. The lowest BCUT2D eigenvalue weighted by atomic mass is 9.86. The van der Waals surface area contributed by atoms with Crippen molar-refractivity contribution in [2.75, 3.05) is 20.2 Å². The Hall–Kier alpha value is -1.30. The van der Waals surface area contributed by atoms with E-state index in [0.29, 0.717) is 12.8 Å². The van der Waals surface area contributed by atoms with Crippen LogP contribution in [0.1, 0.15) is 25.7 Å². The molecule has 6 heteroatoms. The standard InChI is InChI=1S/C11H20N2O4/c1-13(5-6-14)11(17)12-9-4-2-3-8(7-9)10(15)16/h8-9,14H,2-7H2,1H3,(H,12,17)(H,15,16). The fraction of sp³-hybridized carbons (Fsp3) is 0.818. The molecule has 3 N–H and O–H groups in total. The molecule has 0 aromatic carbocycles. The van der Waals surface area contributed by atoms with Gasteiger partial charge < -0.3 is 20.4 Å². The molecule has 98 valence electrons. The van der Waals surface area contributed by atoms with Crippen LogP contribution in [-0.2, 0) is 4.79 Å². The van der Waals surface area contributed by atoms with E-state index >= 15 is 0 Å². The number of carboxylic acids is 1. The third kappa shape index (κ3) is 4.22. The summed E-state index contributed by atoms with van der Waals surface area (Å²) in [6.07, 6.45) is 2.83. The van der Waals surface area contributed by atoms with Crippen LogP contribution >= 0.6 is 0 Å². The second-order valence-electron chi connectivity index (χ2n) is 4.49. The van der Waals surface area contributed by atoms with Crippen LogP contribution in [0.5, 0.6) is 0 Å². The molecule has 0 heterocycles. The number of nitrogens with one attached hydrogen (secondary N) is 1. The third-order valence-electron chi connectivity index (χ3n) is 3.13. The molecule has 17 heavy (non-hydrogen) atoms. The third-order valence-corrected chi connectivity index (χ3v) is 3.13. The molecule has 1 aliphatic carbocycles. The highest BCUT2D eigenvalue weighted by molar-refractivity contribution is 5.74. The number of likely N-dealkylation sites (N-methyl/N-ethyl adjacent to an activating group) is 1. The van der Waals surface area contributed by atoms with Gasteiger partial charge in [0.15, 0.2) is 0 Å². The number of hydrogen-bond donors (Lipinski definition) is 3. The first-order valence-corrected chi connectivity index (χ1v) is 5.90. The number of hydrogen-bond acceptors (Lipinski definition) is 3. The van der Waals surface area contributed by atoms with Crippen molar-refractivity contribution in [1.82, 2.24) is 10.2 Å². The predicted octanol–water partition coefficient (Wildman–Crippen LogP) is 0.263. The summed E-state index contributed by atoms with van der Waals surface area (Å²) >= 11 is 0. The number of rotatable bonds is 4. The minimum absolute atomic E-state index is 0.0708. The molecule has 0 aromatic rings. The molecular weight excluding hydrogens is 224 g/mol. The molecule has 0 aliphatic heterocycles. The van der Waals surface area contributed by atoms with Gasteiger partial charge in [0.05, 0.1) is 12.5 Å². The van der Waals surface area contributed by atoms with Gasteiger partial charge in [-0.3, -0.25) is 4.79 Å². The van der Waals surface area contributed by atoms with E-state index in [1.807, 2.05) is 0 Å². The molecule has 1 saturated carbocycles. The zero-order valence-corrected chi connectivity index (χ0v) is 10.1. The monoisotopic (exact) mass is 244 g/mol. The van der Waals surface area contributed by atoms with Crippen LogP contribution in [0, 0.1) is 5.92 Å². The fourth-order valence-corrected chi connectivity index (χ4v) is 2.08. The summed E-state index contributed by atoms with van der Waals surface area (Å²) in [7, 11) is 1.60. The van der Waals surface area contributed by atoms with Crippen molar-refractivity contribution < 1.29 is 19.8 Å². The van der Waals surface area contributed by atoms with Crippen molar-refractivity contribution in [3.8, 4) is 0 Å². The Labute approximate surface area is 101 Å². The van der Waals surface area contributed by atoms with E-state index in [-0.39, 0.29) is 31.1 Å². The van der Waals surface area contributed by atoms with Gasteiger partial charge in [-0.15, -0.1) is 0 Å². The number of aliphatic hydroxyl groups excluding tert-OH is 1. The summed E-state index contributed by atoms with van der Waals surface area (Å²) in [5.74, 6) is -1.13. The van der Waals surface area contributed by atoms with Gasteiger partial charge in [-0.05, 0) is 19.3 Å². The van der Waals surface area contributed by atoms with Crippen LogP contribution in [0.25, 0.3) is 0 Å². The molecule has 0 spiro atoms. The summed E-state index contributed by atoms with van der Waals surface area (Å²) < 4.78 is 0. The highest BCUT2D eigenvalue weighted by Crippen LogP contribution is 2.24. The first kappa shape index (κ1) is 13.8. The highest BCUT2D eigenvalue weighted by atomic mass is 16.4. The number of aliphatic carboxylic acids is 1. The van der Waals surface area contributed by atoms with E-state index < -0.39 is 5.97 Å². The molecule has 1 fully saturated rings. The number of aliphatic hydroxyl groups is 1. The van der Waals surface area contributed by atoms with Crippen LogP contribution < -0.4 is 5.32 Å². The number of amides is 2. The summed E-state index contributed by atoms with van der Waals surface area (Å²) in [4.78, 5) is 23.9. The zero-order chi connectivity index (χ0) is 12.8. The van der Waals surface area contributed by atoms with Crippen molar-refractivity contribution in [3.05, 3.63) is 0 Å². The molecule has 2 unspecified atom stereocenters. The summed E-state index contributed by atoms with van der Waals surface area (Å²) in [5.41, 5.74) is 0. The number of carbonyl (C=O) groups is 2. The van der Waals surface area contributed by atoms with Crippen LogP contribution in [0.15, 0.2) is 0 Å². The Bertz CT molecular complexity index is 283. The minimum atomic E-state index is -0.785. The van der Waals surface area contributed by atoms with E-state index in [0.717, 1.165) is 12.8 Å². The van der Waals surface area contributed by atoms with Gasteiger partial charge in [-0.25, -0.2) is 4.79 Å². The number of carbonyl (C=O) groups excluding carboxylic acids is 1. The van der Waals surface area contributed by atoms with Crippen LogP contribution in [0.2, 0.25) is 0 Å². The van der Waals surface area contributed by atoms with Gasteiger partial charge in [0.25, 0.3) is 0 Å². The SMILES string of the molecule is CN(CCO)C(=O)NC1CCCC(C(=O)O)C1. The van der Waals surface area contributed by atoms with Gasteiger partial charge in [-0.2, -0.15) is 0 Å². The second kappa shape index (κ2) is 6.44. The topological polar surface area (TPSA) is 89.9 Å². The largest absolute Gasteiger partial charge is 0.481 e. The summed E-state index contributed by atoms with van der Waals surface area (Å²) in [6.45, 7) is 0.202. The summed E-state index contributed by atoms with van der Waals surface area (Å²) in [5, 5.41) is 20.4. The van der Waals surface area contributed by atoms with E-state index in [2.05, 4.69) is 5.32 Å². The normalized spacial score (nSPS) is 24.1. The van der Waals surface area contributed by atoms with Crippen molar-refractivity contribution in [3.63, 3.8) is 0 Å². The molecule has 0 radical (unpaired) electrons. The first-order chi connectivity index (χ1) is 8.04. The molecule has 1 rings (SSSR count). The maximum atomic E-state index is 11.6. The first-order valence-electron chi connectivity index (χ1n) is 5.90. The van der Waals surface area contributed by atoms with Crippen molar-refractivity contribution in [2.45, 2.75) is 31.7 Å². The van der Waals surface area contributed by atoms with Gasteiger partial charge in [0.2, 0.25) is 0 Å². The Morgan fingerprint density at radius 3 is 2.71 bits per heavy atom. The lowest BCUT2D eigenvalue weighted by Gasteiger charge is -2.29. The quantitative estimate of drug-likeness (QED) is 0.662. The molecule has 2 atom stereocenters. The maximum Gasteiger partial charge on any atom is 0.317 e. The average Bonchev–Trinajstić information content (AvgIpc) is 2.29. The van der Waals surface area contributed by atoms with Gasteiger partial charge in [-0.1, -0.05) is 6.42 Å². The van der Waals surface area contributed by atoms with E-state index in [1.165, 1.54) is 4.90 Å². The Morgan fingerprint density at radius 1 is 1.41 bits per heavy atom. The van der Waals surface area contributed by atoms with Crippen LogP contribution in [0.4, 0.5) is 4.79 Å². The van der Waals surface area contributed by atoms with Crippen LogP contribution in [0.3, 0.4) is 0 Å². The predicted molar refractivity (Wildman–Crippen MR) is 61.6 cm³/mol. The fourth-order valence-electron chi connectivity index (χ4n) is 2.08. The van der Waals surface area contributed by atoms with Crippen molar-refractivity contribution in [2.24, 2.45) is 5.92 Å². The molecule has 0 bridgehead atoms. The lowest BCUT2D eigenvalue weighted by Crippen LogP contribution is -2.46. The molecule has 2 amide bonds. The molecule has 0 saturated heterocycles. The molecule has 1 aliphatic rings. The smallest absolute Gasteiger partial charge is 0.317 e. The van der Waals surface area contributed by atoms with E-state index in [4.69, 9.17) is 10.2 Å². The van der Waals surface area contributed by atoms with Crippen molar-refractivity contribution in [1.29, 1.82) is 0 Å². The van der Waals surface area contributed by atoms with Gasteiger partial charge in [0.1, 0.15) is 0 Å². The van der Waals surface area contributed by atoms with E-state index in [1.54, 1.807) is 7.05 Å². The van der Waals surface area contributed by atoms with Crippen LogP contribution in [-0.4, -0.2) is 53.4 Å². The Kier molecular flexibility index (Phi) is 5.21. The number of urea groups is 1.